The van der Waals surface area contributed by atoms with Crippen molar-refractivity contribution in [2.75, 3.05) is 27.2 Å². The molecule has 25 heavy (non-hydrogen) atoms. The lowest BCUT2D eigenvalue weighted by Gasteiger charge is -2.26. The van der Waals surface area contributed by atoms with E-state index in [4.69, 9.17) is 9.47 Å². The zero-order valence-electron chi connectivity index (χ0n) is 14.6. The third-order valence-electron chi connectivity index (χ3n) is 4.16. The lowest BCUT2D eigenvalue weighted by atomic mass is 9.95. The summed E-state index contributed by atoms with van der Waals surface area (Å²) in [4.78, 5) is 14.5. The molecule has 0 aromatic heterocycles. The highest BCUT2D eigenvalue weighted by Gasteiger charge is 2.30. The molecule has 1 N–H and O–H groups in total. The molecule has 2 aromatic rings. The second kappa shape index (κ2) is 7.57. The van der Waals surface area contributed by atoms with Gasteiger partial charge in [0.2, 0.25) is 0 Å². The Morgan fingerprint density at radius 2 is 2.00 bits per heavy atom. The van der Waals surface area contributed by atoms with Crippen LogP contribution in [0.1, 0.15) is 34.9 Å². The van der Waals surface area contributed by atoms with Gasteiger partial charge in [0.25, 0.3) is 0 Å². The van der Waals surface area contributed by atoms with Crippen LogP contribution in [0, 0.1) is 0 Å². The summed E-state index contributed by atoms with van der Waals surface area (Å²) in [6.07, 6.45) is 0.745. The molecule has 132 valence electrons. The Morgan fingerprint density at radius 1 is 1.24 bits per heavy atom. The molecule has 0 saturated heterocycles. The molecule has 5 heteroatoms. The minimum Gasteiger partial charge on any atom is -0.507 e. The summed E-state index contributed by atoms with van der Waals surface area (Å²) in [5.74, 6) is 0.688. The molecule has 0 bridgehead atoms. The van der Waals surface area contributed by atoms with Crippen LogP contribution in [0.25, 0.3) is 0 Å². The van der Waals surface area contributed by atoms with Gasteiger partial charge in [-0.25, -0.2) is 0 Å². The molecule has 0 aliphatic carbocycles. The number of ether oxygens (including phenoxy) is 2. The van der Waals surface area contributed by atoms with Gasteiger partial charge in [-0.1, -0.05) is 30.3 Å². The third-order valence-corrected chi connectivity index (χ3v) is 4.16. The molecule has 3 rings (SSSR count). The molecule has 0 spiro atoms. The van der Waals surface area contributed by atoms with Crippen LogP contribution < -0.4 is 9.47 Å². The maximum absolute atomic E-state index is 12.5. The van der Waals surface area contributed by atoms with Crippen molar-refractivity contribution in [1.29, 1.82) is 0 Å². The average Bonchev–Trinajstić information content (AvgIpc) is 2.58. The van der Waals surface area contributed by atoms with Crippen LogP contribution >= 0.6 is 0 Å². The normalized spacial score (nSPS) is 16.4. The van der Waals surface area contributed by atoms with E-state index in [-0.39, 0.29) is 29.6 Å². The van der Waals surface area contributed by atoms with Crippen molar-refractivity contribution in [2.24, 2.45) is 0 Å². The molecule has 0 fully saturated rings. The van der Waals surface area contributed by atoms with E-state index in [1.807, 2.05) is 44.4 Å². The first-order valence-corrected chi connectivity index (χ1v) is 8.44. The van der Waals surface area contributed by atoms with Crippen molar-refractivity contribution in [2.45, 2.75) is 18.9 Å². The Balaban J connectivity index is 1.77. The van der Waals surface area contributed by atoms with Gasteiger partial charge in [0.15, 0.2) is 5.78 Å². The van der Waals surface area contributed by atoms with E-state index >= 15 is 0 Å². The summed E-state index contributed by atoms with van der Waals surface area (Å²) in [7, 11) is 4.02. The first-order valence-electron chi connectivity index (χ1n) is 8.44. The molecular formula is C20H23NO4. The minimum absolute atomic E-state index is 0.0865. The Hall–Kier alpha value is -2.53. The smallest absolute Gasteiger partial charge is 0.174 e. The Morgan fingerprint density at radius 3 is 2.72 bits per heavy atom. The standard InChI is InChI=1S/C20H23NO4/c1-21(2)9-6-10-24-15-11-16(22)20-17(23)13-18(25-19(20)12-15)14-7-4-3-5-8-14/h3-5,7-8,11-12,18,22H,6,9-10,13H2,1-2H3. The van der Waals surface area contributed by atoms with Crippen molar-refractivity contribution in [3.05, 3.63) is 53.6 Å². The number of rotatable bonds is 6. The number of nitrogens with zero attached hydrogens (tertiary/aromatic N) is 1. The number of carbonyl (C=O) groups is 1. The van der Waals surface area contributed by atoms with Crippen LogP contribution in [0.5, 0.6) is 17.2 Å². The van der Waals surface area contributed by atoms with Crippen LogP contribution in [-0.2, 0) is 0 Å². The lowest BCUT2D eigenvalue weighted by Crippen LogP contribution is -2.20. The monoisotopic (exact) mass is 341 g/mol. The zero-order valence-corrected chi connectivity index (χ0v) is 14.6. The maximum atomic E-state index is 12.5. The van der Waals surface area contributed by atoms with E-state index in [1.54, 1.807) is 6.07 Å². The summed E-state index contributed by atoms with van der Waals surface area (Å²) < 4.78 is 11.7. The summed E-state index contributed by atoms with van der Waals surface area (Å²) in [6.45, 7) is 1.45. The predicted molar refractivity (Wildman–Crippen MR) is 95.5 cm³/mol. The molecule has 1 aliphatic rings. The Bertz CT molecular complexity index is 743. The van der Waals surface area contributed by atoms with Gasteiger partial charge in [0, 0.05) is 18.7 Å². The highest BCUT2D eigenvalue weighted by Crippen LogP contribution is 2.41. The fraction of sp³-hybridized carbons (Fsp3) is 0.350. The highest BCUT2D eigenvalue weighted by molar-refractivity contribution is 6.02. The number of phenols is 1. The number of phenolic OH excluding ortho intramolecular Hbond substituents is 1. The second-order valence-electron chi connectivity index (χ2n) is 6.47. The van der Waals surface area contributed by atoms with Gasteiger partial charge in [-0.15, -0.1) is 0 Å². The molecule has 1 unspecified atom stereocenters. The van der Waals surface area contributed by atoms with Crippen molar-refractivity contribution in [3.63, 3.8) is 0 Å². The summed E-state index contributed by atoms with van der Waals surface area (Å²) >= 11 is 0. The van der Waals surface area contributed by atoms with Gasteiger partial charge in [-0.2, -0.15) is 0 Å². The molecule has 2 aromatic carbocycles. The van der Waals surface area contributed by atoms with Crippen LogP contribution in [0.15, 0.2) is 42.5 Å². The van der Waals surface area contributed by atoms with Crippen LogP contribution in [0.2, 0.25) is 0 Å². The number of carbonyl (C=O) groups excluding carboxylic acids is 1. The van der Waals surface area contributed by atoms with Gasteiger partial charge in [0.05, 0.1) is 13.0 Å². The van der Waals surface area contributed by atoms with E-state index in [2.05, 4.69) is 4.90 Å². The van der Waals surface area contributed by atoms with E-state index in [0.717, 1.165) is 18.5 Å². The van der Waals surface area contributed by atoms with E-state index in [0.29, 0.717) is 18.1 Å². The number of hydrogen-bond acceptors (Lipinski definition) is 5. The van der Waals surface area contributed by atoms with Gasteiger partial charge in [-0.3, -0.25) is 4.79 Å². The largest absolute Gasteiger partial charge is 0.507 e. The van der Waals surface area contributed by atoms with E-state index in [9.17, 15) is 9.90 Å². The topological polar surface area (TPSA) is 59.0 Å². The number of ketones is 1. The number of benzene rings is 2. The average molecular weight is 341 g/mol. The molecule has 0 saturated carbocycles. The molecular weight excluding hydrogens is 318 g/mol. The summed E-state index contributed by atoms with van der Waals surface area (Å²) in [5.41, 5.74) is 1.19. The SMILES string of the molecule is CN(C)CCCOc1cc(O)c2c(c1)OC(c1ccccc1)CC2=O. The summed E-state index contributed by atoms with van der Waals surface area (Å²) in [6, 6.07) is 12.8. The third kappa shape index (κ3) is 4.12. The van der Waals surface area contributed by atoms with Gasteiger partial charge in [-0.05, 0) is 26.1 Å². The van der Waals surface area contributed by atoms with Gasteiger partial charge in [0.1, 0.15) is 28.9 Å². The van der Waals surface area contributed by atoms with Crippen molar-refractivity contribution in [3.8, 4) is 17.2 Å². The van der Waals surface area contributed by atoms with Crippen molar-refractivity contribution in [1.82, 2.24) is 4.90 Å². The van der Waals surface area contributed by atoms with Crippen LogP contribution in [0.4, 0.5) is 0 Å². The Labute approximate surface area is 147 Å². The second-order valence-corrected chi connectivity index (χ2v) is 6.47. The van der Waals surface area contributed by atoms with Crippen LogP contribution in [0.3, 0.4) is 0 Å². The fourth-order valence-electron chi connectivity index (χ4n) is 2.92. The Kier molecular flexibility index (Phi) is 5.24. The number of fused-ring (bicyclic) bond motifs is 1. The molecule has 0 radical (unpaired) electrons. The van der Waals surface area contributed by atoms with Crippen LogP contribution in [-0.4, -0.2) is 43.0 Å². The highest BCUT2D eigenvalue weighted by atomic mass is 16.5. The quantitative estimate of drug-likeness (QED) is 0.816. The fourth-order valence-corrected chi connectivity index (χ4v) is 2.92. The van der Waals surface area contributed by atoms with E-state index < -0.39 is 0 Å². The molecule has 1 heterocycles. The van der Waals surface area contributed by atoms with Gasteiger partial charge >= 0.3 is 0 Å². The summed E-state index contributed by atoms with van der Waals surface area (Å²) in [5, 5.41) is 10.2. The lowest BCUT2D eigenvalue weighted by molar-refractivity contribution is 0.0844. The molecule has 1 atom stereocenters. The first kappa shape index (κ1) is 17.3. The minimum atomic E-state index is -0.343. The first-order chi connectivity index (χ1) is 12.0. The van der Waals surface area contributed by atoms with Gasteiger partial charge < -0.3 is 19.5 Å². The predicted octanol–water partition coefficient (Wildman–Crippen LogP) is 3.43. The zero-order chi connectivity index (χ0) is 17.8. The van der Waals surface area contributed by atoms with Crippen molar-refractivity contribution >= 4 is 5.78 Å². The number of hydrogen-bond donors (Lipinski definition) is 1. The molecule has 0 amide bonds. The number of aromatic hydroxyl groups is 1. The molecule has 1 aliphatic heterocycles. The molecule has 5 nitrogen and oxygen atoms in total. The number of Topliss-reactive ketones (excluding diaryl/α,β-unsaturated/α-hetero) is 1. The maximum Gasteiger partial charge on any atom is 0.174 e. The van der Waals surface area contributed by atoms with Crippen molar-refractivity contribution < 1.29 is 19.4 Å². The van der Waals surface area contributed by atoms with E-state index in [1.165, 1.54) is 6.07 Å².